The summed E-state index contributed by atoms with van der Waals surface area (Å²) in [6, 6.07) is 0. The highest BCUT2D eigenvalue weighted by Gasteiger charge is 2.65. The number of aliphatic hydroxyl groups excluding tert-OH is 3. The van der Waals surface area contributed by atoms with Gasteiger partial charge in [0.05, 0.1) is 25.4 Å². The van der Waals surface area contributed by atoms with E-state index in [0.29, 0.717) is 24.2 Å². The molecule has 0 aliphatic heterocycles. The molecule has 4 saturated carbocycles. The standard InChI is InChI=1S/C24H40O5/c1-13(9-21(28)29-4)16-5-6-17-22-18(12-20(27)24(16,17)3)23(2)8-7-15(25)10-14(23)11-19(22)26/h13-20,22,25-27H,5-12H2,1-4H3/t13-,14+,15-,16-,17+,18+,19+,20+,22+,23-,24-/m0/s1. The molecule has 0 saturated heterocycles. The number of rotatable bonds is 3. The lowest BCUT2D eigenvalue weighted by molar-refractivity contribution is -0.207. The number of hydrogen-bond donors (Lipinski definition) is 3. The van der Waals surface area contributed by atoms with Gasteiger partial charge in [-0.15, -0.1) is 0 Å². The summed E-state index contributed by atoms with van der Waals surface area (Å²) in [6.07, 6.45) is 5.54. The van der Waals surface area contributed by atoms with Gasteiger partial charge in [0.15, 0.2) is 0 Å². The van der Waals surface area contributed by atoms with Crippen LogP contribution in [0.5, 0.6) is 0 Å². The summed E-state index contributed by atoms with van der Waals surface area (Å²) in [7, 11) is 1.44. The van der Waals surface area contributed by atoms with Crippen molar-refractivity contribution in [3.05, 3.63) is 0 Å². The Morgan fingerprint density at radius 3 is 2.48 bits per heavy atom. The van der Waals surface area contributed by atoms with Crippen molar-refractivity contribution in [2.24, 2.45) is 46.3 Å². The van der Waals surface area contributed by atoms with Gasteiger partial charge in [-0.25, -0.2) is 0 Å². The number of methoxy groups -OCH3 is 1. The first-order valence-corrected chi connectivity index (χ1v) is 11.7. The molecule has 29 heavy (non-hydrogen) atoms. The molecule has 0 bridgehead atoms. The van der Waals surface area contributed by atoms with E-state index >= 15 is 0 Å². The molecule has 4 fully saturated rings. The van der Waals surface area contributed by atoms with Crippen LogP contribution in [0.25, 0.3) is 0 Å². The summed E-state index contributed by atoms with van der Waals surface area (Å²) in [5.74, 6) is 1.42. The van der Waals surface area contributed by atoms with Crippen molar-refractivity contribution in [2.45, 2.75) is 90.4 Å². The molecule has 0 aromatic carbocycles. The second-order valence-corrected chi connectivity index (χ2v) is 11.3. The van der Waals surface area contributed by atoms with Crippen molar-refractivity contribution in [3.8, 4) is 0 Å². The molecule has 0 unspecified atom stereocenters. The monoisotopic (exact) mass is 408 g/mol. The minimum absolute atomic E-state index is 0.0984. The number of fused-ring (bicyclic) bond motifs is 5. The Labute approximate surface area is 175 Å². The second kappa shape index (κ2) is 7.49. The van der Waals surface area contributed by atoms with E-state index in [4.69, 9.17) is 4.74 Å². The van der Waals surface area contributed by atoms with Gasteiger partial charge in [0.2, 0.25) is 0 Å². The predicted octanol–water partition coefficient (Wildman–Crippen LogP) is 3.15. The molecule has 0 aromatic heterocycles. The molecule has 166 valence electrons. The summed E-state index contributed by atoms with van der Waals surface area (Å²) in [5, 5.41) is 33.0. The van der Waals surface area contributed by atoms with Gasteiger partial charge in [0.25, 0.3) is 0 Å². The number of carbonyl (C=O) groups excluding carboxylic acids is 1. The molecule has 4 rings (SSSR count). The van der Waals surface area contributed by atoms with Crippen LogP contribution in [-0.4, -0.2) is 46.7 Å². The smallest absolute Gasteiger partial charge is 0.305 e. The van der Waals surface area contributed by atoms with Gasteiger partial charge in [-0.05, 0) is 91.3 Å². The van der Waals surface area contributed by atoms with E-state index in [1.807, 2.05) is 0 Å². The summed E-state index contributed by atoms with van der Waals surface area (Å²) in [5.41, 5.74) is -0.159. The first kappa shape index (κ1) is 21.6. The molecule has 11 atom stereocenters. The summed E-state index contributed by atoms with van der Waals surface area (Å²) in [4.78, 5) is 11.9. The molecule has 4 aliphatic rings. The molecule has 0 aromatic rings. The lowest BCUT2D eigenvalue weighted by Crippen LogP contribution is -2.62. The fourth-order valence-corrected chi connectivity index (χ4v) is 8.62. The predicted molar refractivity (Wildman–Crippen MR) is 110 cm³/mol. The largest absolute Gasteiger partial charge is 0.469 e. The van der Waals surface area contributed by atoms with Gasteiger partial charge in [0, 0.05) is 6.42 Å². The average Bonchev–Trinajstić information content (AvgIpc) is 3.02. The number of esters is 1. The van der Waals surface area contributed by atoms with Gasteiger partial charge in [-0.1, -0.05) is 20.8 Å². The third-order valence-corrected chi connectivity index (χ3v) is 10.2. The summed E-state index contributed by atoms with van der Waals surface area (Å²) in [6.45, 7) is 6.69. The van der Waals surface area contributed by atoms with Crippen LogP contribution in [0.3, 0.4) is 0 Å². The van der Waals surface area contributed by atoms with Crippen LogP contribution < -0.4 is 0 Å². The van der Waals surface area contributed by atoms with E-state index < -0.39 is 6.10 Å². The van der Waals surface area contributed by atoms with E-state index in [2.05, 4.69) is 20.8 Å². The van der Waals surface area contributed by atoms with Crippen molar-refractivity contribution in [2.75, 3.05) is 7.11 Å². The van der Waals surface area contributed by atoms with E-state index in [9.17, 15) is 20.1 Å². The third kappa shape index (κ3) is 3.18. The highest BCUT2D eigenvalue weighted by atomic mass is 16.5. The molecule has 0 radical (unpaired) electrons. The van der Waals surface area contributed by atoms with Crippen LogP contribution in [0.2, 0.25) is 0 Å². The Bertz CT molecular complexity index is 637. The first-order valence-electron chi connectivity index (χ1n) is 11.7. The lowest BCUT2D eigenvalue weighted by Gasteiger charge is -2.63. The Balaban J connectivity index is 1.62. The maximum atomic E-state index is 11.9. The zero-order valence-corrected chi connectivity index (χ0v) is 18.5. The molecule has 0 amide bonds. The SMILES string of the molecule is COC(=O)C[C@H](C)[C@@H]1CC[C@@H]2[C@H]3[C@H](O)C[C@H]4C[C@@H](O)CC[C@]4(C)[C@@H]3C[C@@H](O)[C@]21C. The third-order valence-electron chi connectivity index (χ3n) is 10.2. The van der Waals surface area contributed by atoms with Crippen molar-refractivity contribution in [1.29, 1.82) is 0 Å². The van der Waals surface area contributed by atoms with Crippen LogP contribution in [0, 0.1) is 46.3 Å². The fourth-order valence-electron chi connectivity index (χ4n) is 8.62. The lowest BCUT2D eigenvalue weighted by atomic mass is 9.43. The van der Waals surface area contributed by atoms with E-state index in [-0.39, 0.29) is 46.8 Å². The molecular weight excluding hydrogens is 368 g/mol. The van der Waals surface area contributed by atoms with Crippen molar-refractivity contribution in [1.82, 2.24) is 0 Å². The maximum Gasteiger partial charge on any atom is 0.305 e. The highest BCUT2D eigenvalue weighted by molar-refractivity contribution is 5.69. The maximum absolute atomic E-state index is 11.9. The van der Waals surface area contributed by atoms with Gasteiger partial charge in [0.1, 0.15) is 0 Å². The molecular formula is C24H40O5. The normalized spacial score (nSPS) is 52.8. The van der Waals surface area contributed by atoms with E-state index in [0.717, 1.165) is 44.9 Å². The Kier molecular flexibility index (Phi) is 5.57. The minimum Gasteiger partial charge on any atom is -0.469 e. The Morgan fingerprint density at radius 2 is 1.79 bits per heavy atom. The minimum atomic E-state index is -0.407. The van der Waals surface area contributed by atoms with Crippen molar-refractivity contribution >= 4 is 5.97 Å². The van der Waals surface area contributed by atoms with Gasteiger partial charge >= 0.3 is 5.97 Å². The van der Waals surface area contributed by atoms with Crippen LogP contribution in [0.1, 0.15) is 72.1 Å². The van der Waals surface area contributed by atoms with Gasteiger partial charge in [-0.2, -0.15) is 0 Å². The average molecular weight is 409 g/mol. The van der Waals surface area contributed by atoms with Crippen LogP contribution in [0.15, 0.2) is 0 Å². The fraction of sp³-hybridized carbons (Fsp3) is 0.958. The zero-order valence-electron chi connectivity index (χ0n) is 18.5. The Morgan fingerprint density at radius 1 is 1.07 bits per heavy atom. The summed E-state index contributed by atoms with van der Waals surface area (Å²) >= 11 is 0. The van der Waals surface area contributed by atoms with Crippen LogP contribution >= 0.6 is 0 Å². The quantitative estimate of drug-likeness (QED) is 0.625. The highest BCUT2D eigenvalue weighted by Crippen LogP contribution is 2.68. The molecule has 5 heteroatoms. The van der Waals surface area contributed by atoms with E-state index in [1.54, 1.807) is 0 Å². The second-order valence-electron chi connectivity index (χ2n) is 11.3. The van der Waals surface area contributed by atoms with E-state index in [1.165, 1.54) is 7.11 Å². The van der Waals surface area contributed by atoms with Crippen LogP contribution in [0.4, 0.5) is 0 Å². The number of ether oxygens (including phenoxy) is 1. The van der Waals surface area contributed by atoms with Crippen LogP contribution in [-0.2, 0) is 9.53 Å². The van der Waals surface area contributed by atoms with Crippen molar-refractivity contribution in [3.63, 3.8) is 0 Å². The molecule has 0 spiro atoms. The number of carbonyl (C=O) groups is 1. The molecule has 3 N–H and O–H groups in total. The number of aliphatic hydroxyl groups is 3. The molecule has 4 aliphatic carbocycles. The molecule has 5 nitrogen and oxygen atoms in total. The van der Waals surface area contributed by atoms with Gasteiger partial charge < -0.3 is 20.1 Å². The van der Waals surface area contributed by atoms with Gasteiger partial charge in [-0.3, -0.25) is 4.79 Å². The molecule has 0 heterocycles. The zero-order chi connectivity index (χ0) is 21.1. The first-order chi connectivity index (χ1) is 13.6. The Hall–Kier alpha value is -0.650. The topological polar surface area (TPSA) is 87.0 Å². The summed E-state index contributed by atoms with van der Waals surface area (Å²) < 4.78 is 4.90. The van der Waals surface area contributed by atoms with Crippen molar-refractivity contribution < 1.29 is 24.9 Å². The number of hydrogen-bond acceptors (Lipinski definition) is 5.